The Hall–Kier alpha value is -2.62. The Labute approximate surface area is 161 Å². The summed E-state index contributed by atoms with van der Waals surface area (Å²) in [5.41, 5.74) is 3.50. The topological polar surface area (TPSA) is 49.4 Å². The van der Waals surface area contributed by atoms with Gasteiger partial charge in [0.2, 0.25) is 0 Å². The van der Waals surface area contributed by atoms with Gasteiger partial charge in [-0.15, -0.1) is 0 Å². The first-order valence-electron chi connectivity index (χ1n) is 9.81. The number of rotatable bonds is 5. The van der Waals surface area contributed by atoms with E-state index in [1.165, 1.54) is 12.0 Å². The monoisotopic (exact) mass is 364 g/mol. The first-order chi connectivity index (χ1) is 13.0. The molecular formula is C23H28N2O2. The van der Waals surface area contributed by atoms with Crippen LogP contribution < -0.4 is 5.32 Å². The Kier molecular flexibility index (Phi) is 6.28. The Morgan fingerprint density at radius 1 is 0.963 bits per heavy atom. The summed E-state index contributed by atoms with van der Waals surface area (Å²) in [6.45, 7) is 6.35. The van der Waals surface area contributed by atoms with E-state index in [-0.39, 0.29) is 11.8 Å². The summed E-state index contributed by atoms with van der Waals surface area (Å²) in [6, 6.07) is 15.3. The van der Waals surface area contributed by atoms with E-state index in [4.69, 9.17) is 0 Å². The van der Waals surface area contributed by atoms with Crippen LogP contribution in [0.25, 0.3) is 0 Å². The maximum atomic E-state index is 12.6. The van der Waals surface area contributed by atoms with Gasteiger partial charge in [0.25, 0.3) is 11.8 Å². The molecule has 1 N–H and O–H groups in total. The fourth-order valence-corrected chi connectivity index (χ4v) is 3.40. The van der Waals surface area contributed by atoms with Crippen LogP contribution in [0.3, 0.4) is 0 Å². The second-order valence-electron chi connectivity index (χ2n) is 7.51. The summed E-state index contributed by atoms with van der Waals surface area (Å²) in [6.07, 6.45) is 3.36. The molecule has 2 aromatic carbocycles. The van der Waals surface area contributed by atoms with Crippen molar-refractivity contribution in [1.29, 1.82) is 0 Å². The number of carbonyl (C=O) groups excluding carboxylic acids is 2. The third-order valence-corrected chi connectivity index (χ3v) is 5.11. The van der Waals surface area contributed by atoms with Crippen LogP contribution in [0.4, 0.5) is 0 Å². The van der Waals surface area contributed by atoms with Gasteiger partial charge < -0.3 is 10.2 Å². The van der Waals surface area contributed by atoms with Gasteiger partial charge in [0.15, 0.2) is 0 Å². The van der Waals surface area contributed by atoms with Crippen molar-refractivity contribution in [3.63, 3.8) is 0 Å². The van der Waals surface area contributed by atoms with Crippen molar-refractivity contribution in [1.82, 2.24) is 10.2 Å². The lowest BCUT2D eigenvalue weighted by Gasteiger charge is -2.26. The van der Waals surface area contributed by atoms with Crippen LogP contribution >= 0.6 is 0 Å². The number of amides is 2. The zero-order valence-electron chi connectivity index (χ0n) is 16.2. The van der Waals surface area contributed by atoms with Crippen molar-refractivity contribution in [2.24, 2.45) is 0 Å². The van der Waals surface area contributed by atoms with Crippen molar-refractivity contribution in [3.05, 3.63) is 70.8 Å². The minimum atomic E-state index is -0.0990. The SMILES string of the molecule is CC(C)c1ccc(C(=O)NCc2cccc(C(=O)N3CCCCC3)c2)cc1. The quantitative estimate of drug-likeness (QED) is 0.857. The predicted octanol–water partition coefficient (Wildman–Crippen LogP) is 4.37. The van der Waals surface area contributed by atoms with E-state index in [9.17, 15) is 9.59 Å². The normalized spacial score (nSPS) is 14.3. The molecule has 0 saturated carbocycles. The van der Waals surface area contributed by atoms with E-state index in [0.717, 1.165) is 31.5 Å². The van der Waals surface area contributed by atoms with Crippen molar-refractivity contribution < 1.29 is 9.59 Å². The highest BCUT2D eigenvalue weighted by molar-refractivity contribution is 5.95. The number of piperidine rings is 1. The molecule has 0 spiro atoms. The molecule has 0 unspecified atom stereocenters. The number of hydrogen-bond donors (Lipinski definition) is 1. The molecule has 3 rings (SSSR count). The van der Waals surface area contributed by atoms with Crippen LogP contribution in [0, 0.1) is 0 Å². The van der Waals surface area contributed by atoms with E-state index < -0.39 is 0 Å². The average molecular weight is 364 g/mol. The minimum Gasteiger partial charge on any atom is -0.348 e. The van der Waals surface area contributed by atoms with Gasteiger partial charge in [0.05, 0.1) is 0 Å². The lowest BCUT2D eigenvalue weighted by Crippen LogP contribution is -2.35. The molecule has 0 radical (unpaired) electrons. The van der Waals surface area contributed by atoms with E-state index in [2.05, 4.69) is 19.2 Å². The molecule has 1 aliphatic heterocycles. The number of likely N-dealkylation sites (tertiary alicyclic amines) is 1. The summed E-state index contributed by atoms with van der Waals surface area (Å²) >= 11 is 0. The van der Waals surface area contributed by atoms with E-state index >= 15 is 0 Å². The van der Waals surface area contributed by atoms with Crippen molar-refractivity contribution in [2.75, 3.05) is 13.1 Å². The highest BCUT2D eigenvalue weighted by Crippen LogP contribution is 2.16. The zero-order valence-corrected chi connectivity index (χ0v) is 16.2. The third-order valence-electron chi connectivity index (χ3n) is 5.11. The van der Waals surface area contributed by atoms with Crippen LogP contribution in [0.15, 0.2) is 48.5 Å². The Balaban J connectivity index is 1.60. The first kappa shape index (κ1) is 19.2. The standard InChI is InChI=1S/C23H28N2O2/c1-17(2)19-9-11-20(12-10-19)22(26)24-16-18-7-6-8-21(15-18)23(27)25-13-4-3-5-14-25/h6-12,15,17H,3-5,13-14,16H2,1-2H3,(H,24,26). The van der Waals surface area contributed by atoms with Gasteiger partial charge in [-0.3, -0.25) is 9.59 Å². The molecule has 0 bridgehead atoms. The van der Waals surface area contributed by atoms with Gasteiger partial charge in [0.1, 0.15) is 0 Å². The molecule has 1 saturated heterocycles. The molecule has 4 heteroatoms. The Morgan fingerprint density at radius 3 is 2.33 bits per heavy atom. The largest absolute Gasteiger partial charge is 0.348 e. The molecule has 1 aliphatic rings. The van der Waals surface area contributed by atoms with Gasteiger partial charge in [0, 0.05) is 30.8 Å². The van der Waals surface area contributed by atoms with Crippen molar-refractivity contribution >= 4 is 11.8 Å². The number of nitrogens with zero attached hydrogens (tertiary/aromatic N) is 1. The van der Waals surface area contributed by atoms with E-state index in [1.807, 2.05) is 53.4 Å². The Bertz CT molecular complexity index is 790. The summed E-state index contributed by atoms with van der Waals surface area (Å²) < 4.78 is 0. The second-order valence-corrected chi connectivity index (χ2v) is 7.51. The summed E-state index contributed by atoms with van der Waals surface area (Å²) in [5, 5.41) is 2.95. The van der Waals surface area contributed by atoms with Gasteiger partial charge >= 0.3 is 0 Å². The molecule has 0 aromatic heterocycles. The average Bonchev–Trinajstić information content (AvgIpc) is 2.72. The lowest BCUT2D eigenvalue weighted by atomic mass is 10.0. The fraction of sp³-hybridized carbons (Fsp3) is 0.391. The molecule has 27 heavy (non-hydrogen) atoms. The van der Waals surface area contributed by atoms with Crippen LogP contribution in [0.2, 0.25) is 0 Å². The molecule has 142 valence electrons. The zero-order chi connectivity index (χ0) is 19.2. The van der Waals surface area contributed by atoms with Crippen molar-refractivity contribution in [2.45, 2.75) is 45.6 Å². The first-order valence-corrected chi connectivity index (χ1v) is 9.81. The highest BCUT2D eigenvalue weighted by Gasteiger charge is 2.18. The molecule has 2 amide bonds. The number of hydrogen-bond acceptors (Lipinski definition) is 2. The molecule has 2 aromatic rings. The third kappa shape index (κ3) is 4.97. The molecular weight excluding hydrogens is 336 g/mol. The van der Waals surface area contributed by atoms with Crippen LogP contribution in [-0.4, -0.2) is 29.8 Å². The van der Waals surface area contributed by atoms with Crippen LogP contribution in [-0.2, 0) is 6.54 Å². The predicted molar refractivity (Wildman–Crippen MR) is 108 cm³/mol. The number of nitrogens with one attached hydrogen (secondary N) is 1. The number of benzene rings is 2. The highest BCUT2D eigenvalue weighted by atomic mass is 16.2. The summed E-state index contributed by atoms with van der Waals surface area (Å²) in [5.74, 6) is 0.438. The van der Waals surface area contributed by atoms with Crippen LogP contribution in [0.1, 0.15) is 70.9 Å². The summed E-state index contributed by atoms with van der Waals surface area (Å²) in [4.78, 5) is 26.9. The maximum Gasteiger partial charge on any atom is 0.253 e. The van der Waals surface area contributed by atoms with Crippen LogP contribution in [0.5, 0.6) is 0 Å². The molecule has 0 aliphatic carbocycles. The number of carbonyl (C=O) groups is 2. The molecule has 4 nitrogen and oxygen atoms in total. The lowest BCUT2D eigenvalue weighted by molar-refractivity contribution is 0.0724. The van der Waals surface area contributed by atoms with Crippen molar-refractivity contribution in [3.8, 4) is 0 Å². The molecule has 1 fully saturated rings. The van der Waals surface area contributed by atoms with Gasteiger partial charge in [-0.2, -0.15) is 0 Å². The second kappa shape index (κ2) is 8.85. The van der Waals surface area contributed by atoms with Gasteiger partial charge in [-0.1, -0.05) is 38.1 Å². The molecule has 1 heterocycles. The summed E-state index contributed by atoms with van der Waals surface area (Å²) in [7, 11) is 0. The maximum absolute atomic E-state index is 12.6. The molecule has 0 atom stereocenters. The van der Waals surface area contributed by atoms with Gasteiger partial charge in [-0.05, 0) is 60.6 Å². The smallest absolute Gasteiger partial charge is 0.253 e. The van der Waals surface area contributed by atoms with E-state index in [0.29, 0.717) is 23.6 Å². The fourth-order valence-electron chi connectivity index (χ4n) is 3.40. The van der Waals surface area contributed by atoms with E-state index in [1.54, 1.807) is 0 Å². The Morgan fingerprint density at radius 2 is 1.67 bits per heavy atom. The minimum absolute atomic E-state index is 0.0900. The van der Waals surface area contributed by atoms with Gasteiger partial charge in [-0.25, -0.2) is 0 Å².